The average molecular weight is 329 g/mol. The number of hydrogen-bond donors (Lipinski definition) is 1. The molecule has 2 rings (SSSR count). The Bertz CT molecular complexity index is 519. The summed E-state index contributed by atoms with van der Waals surface area (Å²) in [5, 5.41) is 8.40. The van der Waals surface area contributed by atoms with E-state index in [1.807, 2.05) is 31.6 Å². The van der Waals surface area contributed by atoms with Gasteiger partial charge in [0.2, 0.25) is 0 Å². The molecule has 1 unspecified atom stereocenters. The first-order chi connectivity index (χ1) is 8.60. The highest BCUT2D eigenvalue weighted by Crippen LogP contribution is 2.27. The van der Waals surface area contributed by atoms with Crippen molar-refractivity contribution in [3.63, 3.8) is 0 Å². The maximum Gasteiger partial charge on any atom is 0.0608 e. The summed E-state index contributed by atoms with van der Waals surface area (Å²) in [6.07, 6.45) is 3.89. The lowest BCUT2D eigenvalue weighted by Crippen LogP contribution is -2.21. The summed E-state index contributed by atoms with van der Waals surface area (Å²) in [4.78, 5) is 0. The summed E-state index contributed by atoms with van der Waals surface area (Å²) >= 11 is 9.59. The van der Waals surface area contributed by atoms with Gasteiger partial charge in [-0.2, -0.15) is 5.10 Å². The lowest BCUT2D eigenvalue weighted by molar-refractivity contribution is 0.629. The summed E-state index contributed by atoms with van der Waals surface area (Å²) in [6.45, 7) is 2.96. The van der Waals surface area contributed by atoms with E-state index in [9.17, 15) is 0 Å². The zero-order valence-electron chi connectivity index (χ0n) is 10.3. The highest BCUT2D eigenvalue weighted by molar-refractivity contribution is 9.10. The first-order valence-electron chi connectivity index (χ1n) is 5.78. The molecule has 0 amide bonds. The Balaban J connectivity index is 2.40. The van der Waals surface area contributed by atoms with Crippen molar-refractivity contribution in [2.24, 2.45) is 7.05 Å². The Morgan fingerprint density at radius 1 is 1.39 bits per heavy atom. The summed E-state index contributed by atoms with van der Waals surface area (Å²) in [5.41, 5.74) is 2.26. The highest BCUT2D eigenvalue weighted by atomic mass is 79.9. The fourth-order valence-electron chi connectivity index (χ4n) is 1.96. The van der Waals surface area contributed by atoms with Gasteiger partial charge in [-0.15, -0.1) is 0 Å². The van der Waals surface area contributed by atoms with Crippen LogP contribution in [0.1, 0.15) is 24.1 Å². The number of nitrogens with zero attached hydrogens (tertiary/aromatic N) is 2. The number of benzene rings is 1. The molecule has 96 valence electrons. The molecule has 0 aliphatic carbocycles. The lowest BCUT2D eigenvalue weighted by Gasteiger charge is -2.17. The van der Waals surface area contributed by atoms with Crippen molar-refractivity contribution < 1.29 is 0 Å². The van der Waals surface area contributed by atoms with E-state index in [-0.39, 0.29) is 6.04 Å². The minimum absolute atomic E-state index is 0.110. The van der Waals surface area contributed by atoms with Crippen LogP contribution in [0.15, 0.2) is 35.1 Å². The van der Waals surface area contributed by atoms with Gasteiger partial charge >= 0.3 is 0 Å². The predicted octanol–water partition coefficient (Wildman–Crippen LogP) is 3.53. The van der Waals surface area contributed by atoms with Crippen LogP contribution in [0.5, 0.6) is 0 Å². The van der Waals surface area contributed by atoms with Crippen LogP contribution in [0, 0.1) is 0 Å². The normalized spacial score (nSPS) is 12.7. The minimum atomic E-state index is 0.110. The third-order valence-corrected chi connectivity index (χ3v) is 3.36. The van der Waals surface area contributed by atoms with E-state index in [4.69, 9.17) is 11.6 Å². The molecule has 1 N–H and O–H groups in total. The van der Waals surface area contributed by atoms with Crippen LogP contribution in [-0.4, -0.2) is 16.3 Å². The molecule has 0 spiro atoms. The van der Waals surface area contributed by atoms with Gasteiger partial charge in [-0.3, -0.25) is 4.68 Å². The van der Waals surface area contributed by atoms with Crippen molar-refractivity contribution in [2.45, 2.75) is 13.0 Å². The topological polar surface area (TPSA) is 29.9 Å². The standard InChI is InChI=1S/C13H15BrClN3/c1-3-16-13(10-7-17-18(2)8-10)9-4-11(14)6-12(15)5-9/h4-8,13,16H,3H2,1-2H3. The molecule has 5 heteroatoms. The summed E-state index contributed by atoms with van der Waals surface area (Å²) < 4.78 is 2.79. The van der Waals surface area contributed by atoms with Crippen LogP contribution >= 0.6 is 27.5 Å². The van der Waals surface area contributed by atoms with Crippen LogP contribution in [0.3, 0.4) is 0 Å². The third-order valence-electron chi connectivity index (χ3n) is 2.68. The Morgan fingerprint density at radius 2 is 2.17 bits per heavy atom. The van der Waals surface area contributed by atoms with Crippen LogP contribution in [0.25, 0.3) is 0 Å². The Morgan fingerprint density at radius 3 is 2.72 bits per heavy atom. The van der Waals surface area contributed by atoms with Crippen LogP contribution in [0.2, 0.25) is 5.02 Å². The van der Waals surface area contributed by atoms with E-state index >= 15 is 0 Å². The van der Waals surface area contributed by atoms with Crippen LogP contribution in [0.4, 0.5) is 0 Å². The minimum Gasteiger partial charge on any atom is -0.306 e. The van der Waals surface area contributed by atoms with Gasteiger partial charge in [0.15, 0.2) is 0 Å². The maximum atomic E-state index is 6.11. The highest BCUT2D eigenvalue weighted by Gasteiger charge is 2.15. The Labute approximate surface area is 120 Å². The maximum absolute atomic E-state index is 6.11. The number of aryl methyl sites for hydroxylation is 1. The third kappa shape index (κ3) is 3.13. The van der Waals surface area contributed by atoms with E-state index in [0.717, 1.165) is 27.2 Å². The van der Waals surface area contributed by atoms with E-state index in [2.05, 4.69) is 39.3 Å². The molecule has 2 aromatic rings. The van der Waals surface area contributed by atoms with Gasteiger partial charge in [0.1, 0.15) is 0 Å². The first kappa shape index (κ1) is 13.6. The van der Waals surface area contributed by atoms with Crippen LogP contribution in [-0.2, 0) is 7.05 Å². The van der Waals surface area contributed by atoms with E-state index in [1.54, 1.807) is 4.68 Å². The smallest absolute Gasteiger partial charge is 0.0608 e. The van der Waals surface area contributed by atoms with Gasteiger partial charge < -0.3 is 5.32 Å². The van der Waals surface area contributed by atoms with Crippen molar-refractivity contribution in [3.8, 4) is 0 Å². The molecule has 0 saturated carbocycles. The number of hydrogen-bond acceptors (Lipinski definition) is 2. The van der Waals surface area contributed by atoms with Gasteiger partial charge in [0.05, 0.1) is 12.2 Å². The van der Waals surface area contributed by atoms with Gasteiger partial charge in [0.25, 0.3) is 0 Å². The molecule has 0 aliphatic heterocycles. The van der Waals surface area contributed by atoms with Crippen molar-refractivity contribution in [3.05, 3.63) is 51.2 Å². The number of rotatable bonds is 4. The summed E-state index contributed by atoms with van der Waals surface area (Å²) in [7, 11) is 1.92. The quantitative estimate of drug-likeness (QED) is 0.930. The van der Waals surface area contributed by atoms with E-state index in [1.165, 1.54) is 0 Å². The molecule has 0 aliphatic rings. The second-order valence-electron chi connectivity index (χ2n) is 4.14. The molecule has 0 radical (unpaired) electrons. The summed E-state index contributed by atoms with van der Waals surface area (Å²) in [6, 6.07) is 6.05. The van der Waals surface area contributed by atoms with Gasteiger partial charge in [-0.25, -0.2) is 0 Å². The Hall–Kier alpha value is -0.840. The molecular weight excluding hydrogens is 314 g/mol. The molecule has 18 heavy (non-hydrogen) atoms. The van der Waals surface area contributed by atoms with Crippen molar-refractivity contribution >= 4 is 27.5 Å². The number of aromatic nitrogens is 2. The average Bonchev–Trinajstić information content (AvgIpc) is 2.71. The molecular formula is C13H15BrClN3. The lowest BCUT2D eigenvalue weighted by atomic mass is 10.0. The Kier molecular flexibility index (Phi) is 4.43. The molecule has 0 bridgehead atoms. The molecule has 0 saturated heterocycles. The molecule has 1 heterocycles. The van der Waals surface area contributed by atoms with Gasteiger partial charge in [-0.05, 0) is 30.3 Å². The number of halogens is 2. The first-order valence-corrected chi connectivity index (χ1v) is 6.95. The van der Waals surface area contributed by atoms with Gasteiger partial charge in [0, 0.05) is 28.3 Å². The SMILES string of the molecule is CCNC(c1cc(Cl)cc(Br)c1)c1cnn(C)c1. The molecule has 1 atom stereocenters. The van der Waals surface area contributed by atoms with Crippen molar-refractivity contribution in [1.82, 2.24) is 15.1 Å². The fourth-order valence-corrected chi connectivity index (χ4v) is 2.85. The van der Waals surface area contributed by atoms with Crippen molar-refractivity contribution in [1.29, 1.82) is 0 Å². The zero-order chi connectivity index (χ0) is 13.1. The fraction of sp³-hybridized carbons (Fsp3) is 0.308. The largest absolute Gasteiger partial charge is 0.306 e. The molecule has 1 aromatic heterocycles. The summed E-state index contributed by atoms with van der Waals surface area (Å²) in [5.74, 6) is 0. The molecule has 3 nitrogen and oxygen atoms in total. The zero-order valence-corrected chi connectivity index (χ0v) is 12.7. The van der Waals surface area contributed by atoms with Crippen LogP contribution < -0.4 is 5.32 Å². The monoisotopic (exact) mass is 327 g/mol. The molecule has 1 aromatic carbocycles. The van der Waals surface area contributed by atoms with E-state index in [0.29, 0.717) is 0 Å². The van der Waals surface area contributed by atoms with Gasteiger partial charge in [-0.1, -0.05) is 34.5 Å². The predicted molar refractivity (Wildman–Crippen MR) is 77.9 cm³/mol. The second-order valence-corrected chi connectivity index (χ2v) is 5.49. The van der Waals surface area contributed by atoms with E-state index < -0.39 is 0 Å². The van der Waals surface area contributed by atoms with Crippen molar-refractivity contribution in [2.75, 3.05) is 6.54 Å². The second kappa shape index (κ2) is 5.87. The number of nitrogens with one attached hydrogen (secondary N) is 1. The molecule has 0 fully saturated rings.